The number of methoxy groups -OCH3 is 2. The number of esters is 1. The molecule has 29 heavy (non-hydrogen) atoms. The molecule has 2 aromatic carbocycles. The second-order valence-corrected chi connectivity index (χ2v) is 5.76. The Kier molecular flexibility index (Phi) is 7.59. The van der Waals surface area contributed by atoms with Crippen LogP contribution in [0.1, 0.15) is 23.6 Å². The van der Waals surface area contributed by atoms with Gasteiger partial charge in [0.25, 0.3) is 0 Å². The van der Waals surface area contributed by atoms with E-state index in [9.17, 15) is 10.1 Å². The molecule has 6 heteroatoms. The van der Waals surface area contributed by atoms with Gasteiger partial charge in [0.1, 0.15) is 11.6 Å². The minimum Gasteiger partial charge on any atom is -0.493 e. The highest BCUT2D eigenvalue weighted by Gasteiger charge is 2.18. The summed E-state index contributed by atoms with van der Waals surface area (Å²) >= 11 is 0. The van der Waals surface area contributed by atoms with E-state index in [4.69, 9.17) is 19.5 Å². The molecule has 2 aromatic rings. The highest BCUT2D eigenvalue weighted by molar-refractivity contribution is 6.04. The van der Waals surface area contributed by atoms with E-state index in [1.165, 1.54) is 14.2 Å². The standard InChI is InChI=1S/C23H20N2O4/c1-4-29-23(26)20(15-25)19(11-9-16-5-7-17(14-24)8-6-16)18-10-12-21(27-2)22(13-18)28-3/h5-13H,4H2,1-3H3. The first-order chi connectivity index (χ1) is 14.1. The van der Waals surface area contributed by atoms with Gasteiger partial charge in [-0.05, 0) is 42.3 Å². The fourth-order valence-corrected chi connectivity index (χ4v) is 2.60. The quantitative estimate of drug-likeness (QED) is 0.306. The topological polar surface area (TPSA) is 92.3 Å². The second kappa shape index (κ2) is 10.3. The van der Waals surface area contributed by atoms with Crippen molar-refractivity contribution in [3.63, 3.8) is 0 Å². The number of hydrogen-bond acceptors (Lipinski definition) is 6. The first-order valence-electron chi connectivity index (χ1n) is 8.80. The lowest BCUT2D eigenvalue weighted by Crippen LogP contribution is -2.08. The van der Waals surface area contributed by atoms with E-state index in [1.54, 1.807) is 61.5 Å². The molecule has 146 valence electrons. The summed E-state index contributed by atoms with van der Waals surface area (Å²) in [4.78, 5) is 12.3. The second-order valence-electron chi connectivity index (χ2n) is 5.76. The van der Waals surface area contributed by atoms with E-state index < -0.39 is 5.97 Å². The van der Waals surface area contributed by atoms with E-state index in [0.29, 0.717) is 28.2 Å². The smallest absolute Gasteiger partial charge is 0.349 e. The molecule has 6 nitrogen and oxygen atoms in total. The van der Waals surface area contributed by atoms with E-state index in [-0.39, 0.29) is 12.2 Å². The molecule has 0 atom stereocenters. The van der Waals surface area contributed by atoms with Gasteiger partial charge in [0, 0.05) is 5.57 Å². The van der Waals surface area contributed by atoms with Gasteiger partial charge in [0.2, 0.25) is 0 Å². The lowest BCUT2D eigenvalue weighted by atomic mass is 9.98. The largest absolute Gasteiger partial charge is 0.493 e. The van der Waals surface area contributed by atoms with Crippen molar-refractivity contribution >= 4 is 17.6 Å². The average Bonchev–Trinajstić information content (AvgIpc) is 2.76. The predicted octanol–water partition coefficient (Wildman–Crippen LogP) is 4.13. The molecule has 0 aromatic heterocycles. The molecule has 0 fully saturated rings. The summed E-state index contributed by atoms with van der Waals surface area (Å²) < 4.78 is 15.6. The van der Waals surface area contributed by atoms with Gasteiger partial charge in [-0.15, -0.1) is 0 Å². The monoisotopic (exact) mass is 388 g/mol. The Morgan fingerprint density at radius 1 is 1.03 bits per heavy atom. The van der Waals surface area contributed by atoms with Gasteiger partial charge in [0.05, 0.1) is 32.5 Å². The minimum absolute atomic E-state index is 0.121. The van der Waals surface area contributed by atoms with Crippen molar-refractivity contribution in [3.8, 4) is 23.6 Å². The summed E-state index contributed by atoms with van der Waals surface area (Å²) in [5, 5.41) is 18.5. The van der Waals surface area contributed by atoms with Gasteiger partial charge < -0.3 is 14.2 Å². The molecule has 0 aliphatic rings. The molecule has 0 aliphatic heterocycles. The van der Waals surface area contributed by atoms with Crippen LogP contribution < -0.4 is 9.47 Å². The van der Waals surface area contributed by atoms with Crippen LogP contribution in [0.25, 0.3) is 11.6 Å². The van der Waals surface area contributed by atoms with Gasteiger partial charge >= 0.3 is 5.97 Å². The van der Waals surface area contributed by atoms with Crippen LogP contribution in [0.4, 0.5) is 0 Å². The lowest BCUT2D eigenvalue weighted by molar-refractivity contribution is -0.137. The highest BCUT2D eigenvalue weighted by Crippen LogP contribution is 2.32. The van der Waals surface area contributed by atoms with Crippen molar-refractivity contribution in [2.45, 2.75) is 6.92 Å². The van der Waals surface area contributed by atoms with Crippen LogP contribution in [0.2, 0.25) is 0 Å². The first-order valence-corrected chi connectivity index (χ1v) is 8.80. The van der Waals surface area contributed by atoms with Crippen molar-refractivity contribution in [2.24, 2.45) is 0 Å². The Morgan fingerprint density at radius 3 is 2.28 bits per heavy atom. The van der Waals surface area contributed by atoms with Crippen LogP contribution in [0.15, 0.2) is 54.1 Å². The molecule has 0 bridgehead atoms. The fourth-order valence-electron chi connectivity index (χ4n) is 2.60. The molecule has 2 rings (SSSR count). The number of benzene rings is 2. The maximum Gasteiger partial charge on any atom is 0.349 e. The predicted molar refractivity (Wildman–Crippen MR) is 109 cm³/mol. The van der Waals surface area contributed by atoms with Crippen LogP contribution in [-0.2, 0) is 9.53 Å². The van der Waals surface area contributed by atoms with Crippen molar-refractivity contribution in [1.29, 1.82) is 10.5 Å². The van der Waals surface area contributed by atoms with E-state index >= 15 is 0 Å². The maximum absolute atomic E-state index is 12.3. The number of nitriles is 2. The summed E-state index contributed by atoms with van der Waals surface area (Å²) in [6.07, 6.45) is 3.42. The average molecular weight is 388 g/mol. The molecule has 0 unspecified atom stereocenters. The maximum atomic E-state index is 12.3. The van der Waals surface area contributed by atoms with Crippen LogP contribution in [0.3, 0.4) is 0 Å². The van der Waals surface area contributed by atoms with Crippen molar-refractivity contribution < 1.29 is 19.0 Å². The molecule has 0 N–H and O–H groups in total. The first kappa shape index (κ1) is 21.3. The van der Waals surface area contributed by atoms with Crippen molar-refractivity contribution in [2.75, 3.05) is 20.8 Å². The molecular formula is C23H20N2O4. The summed E-state index contributed by atoms with van der Waals surface area (Å²) in [5.41, 5.74) is 2.21. The minimum atomic E-state index is -0.704. The molecule has 0 spiro atoms. The van der Waals surface area contributed by atoms with E-state index in [1.807, 2.05) is 6.07 Å². The number of hydrogen-bond donors (Lipinski definition) is 0. The Hall–Kier alpha value is -4.03. The summed E-state index contributed by atoms with van der Waals surface area (Å²) in [5.74, 6) is 0.293. The number of nitrogens with zero attached hydrogens (tertiary/aromatic N) is 2. The fraction of sp³-hybridized carbons (Fsp3) is 0.174. The van der Waals surface area contributed by atoms with Crippen LogP contribution in [-0.4, -0.2) is 26.8 Å². The molecule has 0 saturated carbocycles. The SMILES string of the molecule is CCOC(=O)C(C#N)=C(C=Cc1ccc(C#N)cc1)c1ccc(OC)c(OC)c1. The highest BCUT2D eigenvalue weighted by atomic mass is 16.5. The Bertz CT molecular complexity index is 1020. The third-order valence-corrected chi connectivity index (χ3v) is 4.04. The molecule has 0 heterocycles. The number of carbonyl (C=O) groups excluding carboxylic acids is 1. The summed E-state index contributed by atoms with van der Waals surface area (Å²) in [7, 11) is 3.03. The summed E-state index contributed by atoms with van der Waals surface area (Å²) in [6.45, 7) is 1.83. The zero-order valence-electron chi connectivity index (χ0n) is 16.4. The van der Waals surface area contributed by atoms with Crippen molar-refractivity contribution in [3.05, 3.63) is 70.8 Å². The molecule has 0 saturated heterocycles. The van der Waals surface area contributed by atoms with Gasteiger partial charge in [0.15, 0.2) is 11.5 Å². The zero-order chi connectivity index (χ0) is 21.2. The van der Waals surface area contributed by atoms with Crippen molar-refractivity contribution in [1.82, 2.24) is 0 Å². The molecular weight excluding hydrogens is 368 g/mol. The summed E-state index contributed by atoms with van der Waals surface area (Å²) in [6, 6.07) is 16.1. The zero-order valence-corrected chi connectivity index (χ0v) is 16.4. The van der Waals surface area contributed by atoms with Gasteiger partial charge in [-0.1, -0.05) is 30.4 Å². The normalized spacial score (nSPS) is 11.2. The van der Waals surface area contributed by atoms with Crippen LogP contribution in [0, 0.1) is 22.7 Å². The number of carbonyl (C=O) groups is 1. The van der Waals surface area contributed by atoms with Gasteiger partial charge in [-0.25, -0.2) is 4.79 Å². The number of ether oxygens (including phenoxy) is 3. The Morgan fingerprint density at radius 2 is 1.72 bits per heavy atom. The van der Waals surface area contributed by atoms with E-state index in [2.05, 4.69) is 6.07 Å². The Balaban J connectivity index is 2.59. The van der Waals surface area contributed by atoms with Gasteiger partial charge in [-0.2, -0.15) is 10.5 Å². The molecule has 0 aliphatic carbocycles. The molecule has 0 amide bonds. The van der Waals surface area contributed by atoms with Gasteiger partial charge in [-0.3, -0.25) is 0 Å². The lowest BCUT2D eigenvalue weighted by Gasteiger charge is -2.12. The van der Waals surface area contributed by atoms with E-state index in [0.717, 1.165) is 5.56 Å². The third kappa shape index (κ3) is 5.24. The number of allylic oxidation sites excluding steroid dienone is 2. The molecule has 0 radical (unpaired) electrons. The van der Waals surface area contributed by atoms with Crippen LogP contribution in [0.5, 0.6) is 11.5 Å². The van der Waals surface area contributed by atoms with Crippen LogP contribution >= 0.6 is 0 Å². The Labute approximate surface area is 169 Å². The number of rotatable bonds is 7. The third-order valence-electron chi connectivity index (χ3n) is 4.04.